The first kappa shape index (κ1) is 14.0. The van der Waals surface area contributed by atoms with Crippen LogP contribution in [0.2, 0.25) is 0 Å². The molecule has 1 atom stereocenters. The van der Waals surface area contributed by atoms with Crippen LogP contribution in [0.1, 0.15) is 12.8 Å². The molecule has 2 heterocycles. The van der Waals surface area contributed by atoms with Crippen molar-refractivity contribution >= 4 is 33.5 Å². The molecular formula is C12H18BrN5O. The minimum absolute atomic E-state index is 0.0265. The lowest BCUT2D eigenvalue weighted by molar-refractivity contribution is -0.124. The lowest BCUT2D eigenvalue weighted by Crippen LogP contribution is -2.42. The Hall–Kier alpha value is -1.37. The smallest absolute Gasteiger partial charge is 0.224 e. The Balaban J connectivity index is 2.20. The molecule has 2 N–H and O–H groups in total. The highest BCUT2D eigenvalue weighted by Crippen LogP contribution is 2.31. The third-order valence-electron chi connectivity index (χ3n) is 3.35. The van der Waals surface area contributed by atoms with Gasteiger partial charge in [0, 0.05) is 27.2 Å². The Morgan fingerprint density at radius 1 is 1.47 bits per heavy atom. The number of amides is 1. The summed E-state index contributed by atoms with van der Waals surface area (Å²) in [7, 11) is 3.50. The summed E-state index contributed by atoms with van der Waals surface area (Å²) < 4.78 is 0.843. The van der Waals surface area contributed by atoms with E-state index in [2.05, 4.69) is 41.4 Å². The fourth-order valence-corrected chi connectivity index (χ4v) is 3.00. The van der Waals surface area contributed by atoms with Gasteiger partial charge in [-0.15, -0.1) is 0 Å². The van der Waals surface area contributed by atoms with E-state index in [-0.39, 0.29) is 11.8 Å². The molecule has 1 aliphatic heterocycles. The van der Waals surface area contributed by atoms with Crippen LogP contribution >= 0.6 is 15.9 Å². The third-order valence-corrected chi connectivity index (χ3v) is 4.08. The lowest BCUT2D eigenvalue weighted by Gasteiger charge is -2.33. The van der Waals surface area contributed by atoms with Crippen LogP contribution in [0.4, 0.5) is 11.6 Å². The predicted octanol–water partition coefficient (Wildman–Crippen LogP) is 1.24. The highest BCUT2D eigenvalue weighted by molar-refractivity contribution is 9.10. The molecule has 1 fully saturated rings. The molecule has 1 saturated heterocycles. The van der Waals surface area contributed by atoms with E-state index >= 15 is 0 Å². The maximum Gasteiger partial charge on any atom is 0.224 e. The zero-order valence-corrected chi connectivity index (χ0v) is 12.7. The number of anilines is 2. The molecule has 0 spiro atoms. The second-order valence-electron chi connectivity index (χ2n) is 4.51. The first-order valence-electron chi connectivity index (χ1n) is 6.32. The molecule has 1 aliphatic rings. The Bertz CT molecular complexity index is 467. The van der Waals surface area contributed by atoms with Gasteiger partial charge in [-0.3, -0.25) is 4.79 Å². The maximum atomic E-state index is 11.8. The molecule has 0 saturated carbocycles. The van der Waals surface area contributed by atoms with Gasteiger partial charge in [-0.2, -0.15) is 0 Å². The summed E-state index contributed by atoms with van der Waals surface area (Å²) in [5, 5.41) is 5.74. The van der Waals surface area contributed by atoms with Crippen molar-refractivity contribution in [1.82, 2.24) is 15.3 Å². The molecule has 19 heavy (non-hydrogen) atoms. The van der Waals surface area contributed by atoms with E-state index in [1.807, 2.05) is 7.05 Å². The molecule has 6 nitrogen and oxygen atoms in total. The van der Waals surface area contributed by atoms with Crippen molar-refractivity contribution in [1.29, 1.82) is 0 Å². The second kappa shape index (κ2) is 6.18. The highest BCUT2D eigenvalue weighted by Gasteiger charge is 2.27. The number of piperidine rings is 1. The highest BCUT2D eigenvalue weighted by atomic mass is 79.9. The average molecular weight is 328 g/mol. The topological polar surface area (TPSA) is 70.2 Å². The Morgan fingerprint density at radius 3 is 2.95 bits per heavy atom. The summed E-state index contributed by atoms with van der Waals surface area (Å²) >= 11 is 3.52. The number of rotatable bonds is 3. The third kappa shape index (κ3) is 2.97. The van der Waals surface area contributed by atoms with E-state index in [1.165, 1.54) is 6.33 Å². The van der Waals surface area contributed by atoms with Gasteiger partial charge in [-0.1, -0.05) is 0 Å². The summed E-state index contributed by atoms with van der Waals surface area (Å²) in [6.45, 7) is 1.60. The number of carbonyl (C=O) groups is 1. The van der Waals surface area contributed by atoms with Gasteiger partial charge in [0.15, 0.2) is 0 Å². The maximum absolute atomic E-state index is 11.8. The van der Waals surface area contributed by atoms with Crippen molar-refractivity contribution in [2.75, 3.05) is 37.4 Å². The molecule has 1 aromatic heterocycles. The van der Waals surface area contributed by atoms with Crippen LogP contribution in [-0.2, 0) is 4.79 Å². The minimum atomic E-state index is 0.0265. The molecule has 7 heteroatoms. The van der Waals surface area contributed by atoms with Gasteiger partial charge in [-0.05, 0) is 28.8 Å². The van der Waals surface area contributed by atoms with Crippen LogP contribution in [0, 0.1) is 5.92 Å². The van der Waals surface area contributed by atoms with Crippen LogP contribution in [0.5, 0.6) is 0 Å². The Labute approximate surface area is 121 Å². The van der Waals surface area contributed by atoms with E-state index in [9.17, 15) is 4.79 Å². The molecule has 0 aliphatic carbocycles. The molecule has 104 valence electrons. The first-order valence-corrected chi connectivity index (χ1v) is 7.11. The van der Waals surface area contributed by atoms with Crippen molar-refractivity contribution in [3.63, 3.8) is 0 Å². The van der Waals surface area contributed by atoms with E-state index in [4.69, 9.17) is 0 Å². The van der Waals surface area contributed by atoms with Gasteiger partial charge < -0.3 is 15.5 Å². The SMILES string of the molecule is CNC(=O)C1CCCN(c2ncnc(NC)c2Br)C1. The van der Waals surface area contributed by atoms with Crippen molar-refractivity contribution in [2.24, 2.45) is 5.92 Å². The molecule has 1 amide bonds. The van der Waals surface area contributed by atoms with E-state index < -0.39 is 0 Å². The molecule has 0 bridgehead atoms. The number of nitrogens with one attached hydrogen (secondary N) is 2. The summed E-state index contributed by atoms with van der Waals surface area (Å²) in [6, 6.07) is 0. The van der Waals surface area contributed by atoms with Crippen LogP contribution in [0.3, 0.4) is 0 Å². The minimum Gasteiger partial charge on any atom is -0.372 e. The quantitative estimate of drug-likeness (QED) is 0.874. The second-order valence-corrected chi connectivity index (χ2v) is 5.30. The van der Waals surface area contributed by atoms with Crippen LogP contribution in [-0.4, -0.2) is 43.1 Å². The van der Waals surface area contributed by atoms with Crippen molar-refractivity contribution in [2.45, 2.75) is 12.8 Å². The normalized spacial score (nSPS) is 19.1. The summed E-state index contributed by atoms with van der Waals surface area (Å²) in [5.41, 5.74) is 0. The average Bonchev–Trinajstić information content (AvgIpc) is 2.46. The van der Waals surface area contributed by atoms with Gasteiger partial charge in [-0.25, -0.2) is 9.97 Å². The summed E-state index contributed by atoms with van der Waals surface area (Å²) in [4.78, 5) is 22.4. The molecule has 1 aromatic rings. The van der Waals surface area contributed by atoms with E-state index in [1.54, 1.807) is 7.05 Å². The number of carbonyl (C=O) groups excluding carboxylic acids is 1. The fraction of sp³-hybridized carbons (Fsp3) is 0.583. The van der Waals surface area contributed by atoms with E-state index in [0.29, 0.717) is 6.54 Å². The fourth-order valence-electron chi connectivity index (χ4n) is 2.34. The number of nitrogens with zero attached hydrogens (tertiary/aromatic N) is 3. The summed E-state index contributed by atoms with van der Waals surface area (Å²) in [6.07, 6.45) is 3.45. The molecule has 0 radical (unpaired) electrons. The monoisotopic (exact) mass is 327 g/mol. The molecular weight excluding hydrogens is 310 g/mol. The summed E-state index contributed by atoms with van der Waals surface area (Å²) in [5.74, 6) is 1.72. The number of halogens is 1. The van der Waals surface area contributed by atoms with Gasteiger partial charge in [0.2, 0.25) is 5.91 Å². The van der Waals surface area contributed by atoms with Crippen LogP contribution < -0.4 is 15.5 Å². The Kier molecular flexibility index (Phi) is 4.57. The van der Waals surface area contributed by atoms with Gasteiger partial charge >= 0.3 is 0 Å². The van der Waals surface area contributed by atoms with Crippen LogP contribution in [0.25, 0.3) is 0 Å². The van der Waals surface area contributed by atoms with Gasteiger partial charge in [0.05, 0.1) is 5.92 Å². The molecule has 1 unspecified atom stereocenters. The predicted molar refractivity (Wildman–Crippen MR) is 78.3 cm³/mol. The van der Waals surface area contributed by atoms with Crippen molar-refractivity contribution in [3.8, 4) is 0 Å². The van der Waals surface area contributed by atoms with Gasteiger partial charge in [0.1, 0.15) is 22.4 Å². The lowest BCUT2D eigenvalue weighted by atomic mass is 9.97. The molecule has 2 rings (SSSR count). The van der Waals surface area contributed by atoms with Crippen LogP contribution in [0.15, 0.2) is 10.8 Å². The Morgan fingerprint density at radius 2 is 2.26 bits per heavy atom. The zero-order valence-electron chi connectivity index (χ0n) is 11.1. The van der Waals surface area contributed by atoms with Crippen molar-refractivity contribution < 1.29 is 4.79 Å². The van der Waals surface area contributed by atoms with Gasteiger partial charge in [0.25, 0.3) is 0 Å². The standard InChI is InChI=1S/C12H18BrN5O/c1-14-10-9(13)11(17-7-16-10)18-5-3-4-8(6-18)12(19)15-2/h7-8H,3-6H2,1-2H3,(H,15,19)(H,14,16,17). The van der Waals surface area contributed by atoms with Crippen molar-refractivity contribution in [3.05, 3.63) is 10.8 Å². The molecule has 0 aromatic carbocycles. The first-order chi connectivity index (χ1) is 9.17. The number of hydrogen-bond donors (Lipinski definition) is 2. The zero-order chi connectivity index (χ0) is 13.8. The number of hydrogen-bond acceptors (Lipinski definition) is 5. The number of aromatic nitrogens is 2. The largest absolute Gasteiger partial charge is 0.372 e. The van der Waals surface area contributed by atoms with E-state index in [0.717, 1.165) is 35.5 Å².